The molecule has 0 bridgehead atoms. The fourth-order valence-corrected chi connectivity index (χ4v) is 2.28. The van der Waals surface area contributed by atoms with E-state index in [2.05, 4.69) is 11.9 Å². The van der Waals surface area contributed by atoms with Crippen LogP contribution >= 0.6 is 22.9 Å². The van der Waals surface area contributed by atoms with Crippen LogP contribution in [0.3, 0.4) is 0 Å². The maximum atomic E-state index is 6.05. The lowest BCUT2D eigenvalue weighted by Crippen LogP contribution is -1.85. The molecule has 0 aliphatic rings. The third-order valence-corrected chi connectivity index (χ3v) is 2.92. The Labute approximate surface area is 80.0 Å². The van der Waals surface area contributed by atoms with Crippen molar-refractivity contribution < 1.29 is 0 Å². The molecule has 2 rings (SSSR count). The van der Waals surface area contributed by atoms with Gasteiger partial charge in [0.15, 0.2) is 0 Å². The summed E-state index contributed by atoms with van der Waals surface area (Å²) in [6.07, 6.45) is 0.938. The Bertz CT molecular complexity index is 408. The summed E-state index contributed by atoms with van der Waals surface area (Å²) in [5.41, 5.74) is 1.06. The van der Waals surface area contributed by atoms with Gasteiger partial charge in [0.2, 0.25) is 0 Å². The van der Waals surface area contributed by atoms with Crippen LogP contribution in [0.4, 0.5) is 0 Å². The second kappa shape index (κ2) is 3.04. The average molecular weight is 198 g/mol. The molecular formula is C9H8ClNS. The molecule has 0 aliphatic carbocycles. The van der Waals surface area contributed by atoms with Gasteiger partial charge in [-0.25, -0.2) is 4.98 Å². The smallest absolute Gasteiger partial charge is 0.125 e. The molecule has 2 aromatic rings. The molecule has 0 unspecified atom stereocenters. The van der Waals surface area contributed by atoms with Crippen LogP contribution in [0.15, 0.2) is 17.5 Å². The van der Waals surface area contributed by atoms with Gasteiger partial charge in [0.05, 0.1) is 5.02 Å². The number of nitrogens with zero attached hydrogens (tertiary/aromatic N) is 1. The molecule has 1 nitrogen and oxygen atoms in total. The topological polar surface area (TPSA) is 12.9 Å². The molecule has 0 N–H and O–H groups in total. The molecule has 0 fully saturated rings. The lowest BCUT2D eigenvalue weighted by Gasteiger charge is -1.97. The molecule has 2 aromatic heterocycles. The molecule has 0 saturated carbocycles. The predicted octanol–water partition coefficient (Wildman–Crippen LogP) is 3.51. The number of pyridine rings is 1. The van der Waals surface area contributed by atoms with Crippen molar-refractivity contribution >= 4 is 33.2 Å². The van der Waals surface area contributed by atoms with E-state index in [4.69, 9.17) is 11.6 Å². The Balaban J connectivity index is 2.75. The highest BCUT2D eigenvalue weighted by Gasteiger charge is 2.02. The summed E-state index contributed by atoms with van der Waals surface area (Å²) in [5.74, 6) is 0. The number of rotatable bonds is 1. The van der Waals surface area contributed by atoms with Crippen LogP contribution in [0.25, 0.3) is 10.2 Å². The molecule has 0 aliphatic heterocycles. The van der Waals surface area contributed by atoms with Gasteiger partial charge in [-0.15, -0.1) is 11.3 Å². The molecule has 3 heteroatoms. The molecule has 0 radical (unpaired) electrons. The van der Waals surface area contributed by atoms with Crippen LogP contribution in [0, 0.1) is 0 Å². The summed E-state index contributed by atoms with van der Waals surface area (Å²) in [5, 5.41) is 3.90. The molecular weight excluding hydrogens is 190 g/mol. The first-order valence-corrected chi connectivity index (χ1v) is 5.09. The highest BCUT2D eigenvalue weighted by molar-refractivity contribution is 7.16. The number of halogens is 1. The molecule has 0 amide bonds. The van der Waals surface area contributed by atoms with Gasteiger partial charge in [-0.3, -0.25) is 0 Å². The summed E-state index contributed by atoms with van der Waals surface area (Å²) < 4.78 is 0. The number of aromatic nitrogens is 1. The van der Waals surface area contributed by atoms with Crippen LogP contribution in [0.1, 0.15) is 12.6 Å². The van der Waals surface area contributed by atoms with Gasteiger partial charge in [0.1, 0.15) is 4.83 Å². The van der Waals surface area contributed by atoms with Crippen molar-refractivity contribution in [2.75, 3.05) is 0 Å². The maximum absolute atomic E-state index is 6.05. The van der Waals surface area contributed by atoms with E-state index in [1.807, 2.05) is 17.5 Å². The van der Waals surface area contributed by atoms with Gasteiger partial charge < -0.3 is 0 Å². The molecule has 12 heavy (non-hydrogen) atoms. The zero-order valence-electron chi connectivity index (χ0n) is 6.67. The lowest BCUT2D eigenvalue weighted by atomic mass is 10.2. The van der Waals surface area contributed by atoms with Crippen LogP contribution in [0.5, 0.6) is 0 Å². The van der Waals surface area contributed by atoms with Gasteiger partial charge in [0, 0.05) is 11.1 Å². The first-order valence-electron chi connectivity index (χ1n) is 3.84. The van der Waals surface area contributed by atoms with Crippen molar-refractivity contribution in [3.8, 4) is 0 Å². The van der Waals surface area contributed by atoms with Crippen LogP contribution in [-0.2, 0) is 6.42 Å². The van der Waals surface area contributed by atoms with E-state index in [1.54, 1.807) is 11.3 Å². The summed E-state index contributed by atoms with van der Waals surface area (Å²) in [4.78, 5) is 5.49. The van der Waals surface area contributed by atoms with E-state index < -0.39 is 0 Å². The Kier molecular flexibility index (Phi) is 2.03. The predicted molar refractivity (Wildman–Crippen MR) is 54.0 cm³/mol. The Morgan fingerprint density at radius 1 is 1.58 bits per heavy atom. The van der Waals surface area contributed by atoms with Crippen molar-refractivity contribution in [3.63, 3.8) is 0 Å². The van der Waals surface area contributed by atoms with Crippen molar-refractivity contribution in [2.45, 2.75) is 13.3 Å². The van der Waals surface area contributed by atoms with Crippen molar-refractivity contribution in [1.29, 1.82) is 0 Å². The molecule has 62 valence electrons. The highest BCUT2D eigenvalue weighted by Crippen LogP contribution is 2.26. The highest BCUT2D eigenvalue weighted by atomic mass is 35.5. The van der Waals surface area contributed by atoms with Crippen LogP contribution < -0.4 is 0 Å². The SMILES string of the molecule is CCc1cc(Cl)c2ccsc2n1. The minimum absolute atomic E-state index is 0.818. The third kappa shape index (κ3) is 1.21. The Morgan fingerprint density at radius 2 is 2.42 bits per heavy atom. The zero-order valence-corrected chi connectivity index (χ0v) is 8.25. The minimum atomic E-state index is 0.818. The monoisotopic (exact) mass is 197 g/mol. The van der Waals surface area contributed by atoms with E-state index in [1.165, 1.54) is 0 Å². The molecule has 0 saturated heterocycles. The molecule has 0 spiro atoms. The van der Waals surface area contributed by atoms with E-state index in [-0.39, 0.29) is 0 Å². The Morgan fingerprint density at radius 3 is 3.17 bits per heavy atom. The Hall–Kier alpha value is -0.600. The summed E-state index contributed by atoms with van der Waals surface area (Å²) in [6.45, 7) is 2.08. The quantitative estimate of drug-likeness (QED) is 0.682. The van der Waals surface area contributed by atoms with Crippen LogP contribution in [-0.4, -0.2) is 4.98 Å². The van der Waals surface area contributed by atoms with Crippen molar-refractivity contribution in [1.82, 2.24) is 4.98 Å². The van der Waals surface area contributed by atoms with E-state index >= 15 is 0 Å². The second-order valence-electron chi connectivity index (χ2n) is 2.59. The van der Waals surface area contributed by atoms with Gasteiger partial charge in [-0.05, 0) is 23.9 Å². The van der Waals surface area contributed by atoms with E-state index in [0.29, 0.717) is 0 Å². The van der Waals surface area contributed by atoms with Crippen molar-refractivity contribution in [3.05, 3.63) is 28.2 Å². The normalized spacial score (nSPS) is 10.8. The van der Waals surface area contributed by atoms with Gasteiger partial charge in [-0.2, -0.15) is 0 Å². The summed E-state index contributed by atoms with van der Waals surface area (Å²) in [6, 6.07) is 3.95. The number of thiophene rings is 1. The van der Waals surface area contributed by atoms with E-state index in [9.17, 15) is 0 Å². The minimum Gasteiger partial charge on any atom is -0.242 e. The van der Waals surface area contributed by atoms with Gasteiger partial charge in [-0.1, -0.05) is 18.5 Å². The molecule has 2 heterocycles. The number of hydrogen-bond donors (Lipinski definition) is 0. The lowest BCUT2D eigenvalue weighted by molar-refractivity contribution is 1.06. The first kappa shape index (κ1) is 8.02. The molecule has 0 atom stereocenters. The molecule has 0 aromatic carbocycles. The maximum Gasteiger partial charge on any atom is 0.125 e. The number of aryl methyl sites for hydroxylation is 1. The third-order valence-electron chi connectivity index (χ3n) is 1.80. The fourth-order valence-electron chi connectivity index (χ4n) is 1.14. The average Bonchev–Trinajstić information content (AvgIpc) is 2.52. The fraction of sp³-hybridized carbons (Fsp3) is 0.222. The summed E-state index contributed by atoms with van der Waals surface area (Å²) >= 11 is 7.68. The van der Waals surface area contributed by atoms with Gasteiger partial charge >= 0.3 is 0 Å². The first-order chi connectivity index (χ1) is 5.81. The summed E-state index contributed by atoms with van der Waals surface area (Å²) in [7, 11) is 0. The largest absolute Gasteiger partial charge is 0.242 e. The second-order valence-corrected chi connectivity index (χ2v) is 3.89. The van der Waals surface area contributed by atoms with Crippen LogP contribution in [0.2, 0.25) is 5.02 Å². The van der Waals surface area contributed by atoms with Crippen molar-refractivity contribution in [2.24, 2.45) is 0 Å². The standard InChI is InChI=1S/C9H8ClNS/c1-2-6-5-8(10)7-3-4-12-9(7)11-6/h3-5H,2H2,1H3. The van der Waals surface area contributed by atoms with Gasteiger partial charge in [0.25, 0.3) is 0 Å². The number of fused-ring (bicyclic) bond motifs is 1. The van der Waals surface area contributed by atoms with E-state index in [0.717, 1.165) is 27.4 Å². The zero-order chi connectivity index (χ0) is 8.55. The number of hydrogen-bond acceptors (Lipinski definition) is 2.